The number of hydrogen-bond donors (Lipinski definition) is 2. The molecule has 4 N–H and O–H groups in total. The first-order valence-electron chi connectivity index (χ1n) is 5.77. The van der Waals surface area contributed by atoms with Crippen LogP contribution in [0.3, 0.4) is 0 Å². The van der Waals surface area contributed by atoms with Gasteiger partial charge in [0.05, 0.1) is 6.54 Å². The standard InChI is InChI=1S/C11H23N3O2/c1-3-14(8-10(13)15)11(16)5-4-9(2)6-7-12/h9H,3-8,12H2,1-2H3,(H2,13,15). The van der Waals surface area contributed by atoms with E-state index in [4.69, 9.17) is 11.5 Å². The van der Waals surface area contributed by atoms with E-state index in [1.54, 1.807) is 0 Å². The fraction of sp³-hybridized carbons (Fsp3) is 0.818. The van der Waals surface area contributed by atoms with E-state index in [0.717, 1.165) is 12.8 Å². The van der Waals surface area contributed by atoms with Gasteiger partial charge in [-0.25, -0.2) is 0 Å². The molecule has 0 aliphatic carbocycles. The number of nitrogens with two attached hydrogens (primary N) is 2. The summed E-state index contributed by atoms with van der Waals surface area (Å²) in [5, 5.41) is 0. The van der Waals surface area contributed by atoms with Crippen LogP contribution in [-0.2, 0) is 9.59 Å². The summed E-state index contributed by atoms with van der Waals surface area (Å²) in [6.07, 6.45) is 2.20. The second kappa shape index (κ2) is 8.10. The second-order valence-electron chi connectivity index (χ2n) is 4.10. The number of likely N-dealkylation sites (N-methyl/N-ethyl adjacent to an activating group) is 1. The molecule has 0 saturated heterocycles. The number of amides is 2. The molecule has 0 aromatic rings. The van der Waals surface area contributed by atoms with Crippen LogP contribution in [0.4, 0.5) is 0 Å². The maximum atomic E-state index is 11.7. The highest BCUT2D eigenvalue weighted by Gasteiger charge is 2.14. The molecule has 5 heteroatoms. The summed E-state index contributed by atoms with van der Waals surface area (Å²) in [5.41, 5.74) is 10.5. The van der Waals surface area contributed by atoms with Crippen LogP contribution in [0.25, 0.3) is 0 Å². The van der Waals surface area contributed by atoms with Gasteiger partial charge in [0.25, 0.3) is 0 Å². The van der Waals surface area contributed by atoms with Gasteiger partial charge in [-0.15, -0.1) is 0 Å². The lowest BCUT2D eigenvalue weighted by Gasteiger charge is -2.20. The predicted molar refractivity (Wildman–Crippen MR) is 63.5 cm³/mol. The smallest absolute Gasteiger partial charge is 0.237 e. The fourth-order valence-electron chi connectivity index (χ4n) is 1.52. The molecule has 5 nitrogen and oxygen atoms in total. The summed E-state index contributed by atoms with van der Waals surface area (Å²) in [6, 6.07) is 0. The van der Waals surface area contributed by atoms with Crippen LogP contribution < -0.4 is 11.5 Å². The van der Waals surface area contributed by atoms with Gasteiger partial charge in [0.2, 0.25) is 11.8 Å². The van der Waals surface area contributed by atoms with Crippen molar-refractivity contribution in [3.63, 3.8) is 0 Å². The van der Waals surface area contributed by atoms with Crippen LogP contribution in [0.5, 0.6) is 0 Å². The molecule has 0 spiro atoms. The van der Waals surface area contributed by atoms with Crippen molar-refractivity contribution >= 4 is 11.8 Å². The van der Waals surface area contributed by atoms with Gasteiger partial charge in [-0.05, 0) is 32.2 Å². The first-order valence-corrected chi connectivity index (χ1v) is 5.77. The third-order valence-corrected chi connectivity index (χ3v) is 2.59. The predicted octanol–water partition coefficient (Wildman–Crippen LogP) is 0.0853. The third kappa shape index (κ3) is 6.40. The zero-order valence-electron chi connectivity index (χ0n) is 10.2. The quantitative estimate of drug-likeness (QED) is 0.618. The first-order chi connectivity index (χ1) is 7.51. The van der Waals surface area contributed by atoms with Crippen molar-refractivity contribution in [2.24, 2.45) is 17.4 Å². The van der Waals surface area contributed by atoms with Crippen molar-refractivity contribution in [3.05, 3.63) is 0 Å². The topological polar surface area (TPSA) is 89.4 Å². The fourth-order valence-corrected chi connectivity index (χ4v) is 1.52. The van der Waals surface area contributed by atoms with Crippen molar-refractivity contribution in [1.29, 1.82) is 0 Å². The Labute approximate surface area is 97.2 Å². The highest BCUT2D eigenvalue weighted by Crippen LogP contribution is 2.10. The zero-order valence-corrected chi connectivity index (χ0v) is 10.2. The molecule has 0 aromatic carbocycles. The molecule has 0 fully saturated rings. The first kappa shape index (κ1) is 14.9. The van der Waals surface area contributed by atoms with Crippen LogP contribution >= 0.6 is 0 Å². The van der Waals surface area contributed by atoms with Crippen molar-refractivity contribution in [3.8, 4) is 0 Å². The van der Waals surface area contributed by atoms with Crippen LogP contribution in [0.15, 0.2) is 0 Å². The molecule has 0 aromatic heterocycles. The molecule has 2 amide bonds. The van der Waals surface area contributed by atoms with E-state index in [0.29, 0.717) is 25.4 Å². The summed E-state index contributed by atoms with van der Waals surface area (Å²) in [6.45, 7) is 5.09. The molecule has 0 bridgehead atoms. The van der Waals surface area contributed by atoms with Crippen LogP contribution in [0.1, 0.15) is 33.1 Å². The molecule has 0 aliphatic rings. The monoisotopic (exact) mass is 229 g/mol. The van der Waals surface area contributed by atoms with Gasteiger partial charge in [-0.3, -0.25) is 9.59 Å². The van der Waals surface area contributed by atoms with Crippen LogP contribution in [-0.4, -0.2) is 36.3 Å². The molecule has 1 unspecified atom stereocenters. The van der Waals surface area contributed by atoms with Gasteiger partial charge in [0.15, 0.2) is 0 Å². The molecular weight excluding hydrogens is 206 g/mol. The molecule has 0 aliphatic heterocycles. The van der Waals surface area contributed by atoms with Gasteiger partial charge in [0, 0.05) is 13.0 Å². The lowest BCUT2D eigenvalue weighted by molar-refractivity contribution is -0.135. The van der Waals surface area contributed by atoms with Gasteiger partial charge in [0.1, 0.15) is 0 Å². The Morgan fingerprint density at radius 2 is 1.94 bits per heavy atom. The number of rotatable bonds is 8. The largest absolute Gasteiger partial charge is 0.368 e. The van der Waals surface area contributed by atoms with E-state index < -0.39 is 5.91 Å². The Morgan fingerprint density at radius 3 is 2.38 bits per heavy atom. The van der Waals surface area contributed by atoms with E-state index in [1.165, 1.54) is 4.90 Å². The minimum atomic E-state index is -0.467. The van der Waals surface area contributed by atoms with E-state index in [-0.39, 0.29) is 12.5 Å². The summed E-state index contributed by atoms with van der Waals surface area (Å²) in [5.74, 6) is -0.0309. The minimum absolute atomic E-state index is 0.00910. The van der Waals surface area contributed by atoms with Gasteiger partial charge >= 0.3 is 0 Å². The Morgan fingerprint density at radius 1 is 1.31 bits per heavy atom. The Bertz CT molecular complexity index is 231. The zero-order chi connectivity index (χ0) is 12.6. The molecular formula is C11H23N3O2. The van der Waals surface area contributed by atoms with E-state index in [1.807, 2.05) is 6.92 Å². The highest BCUT2D eigenvalue weighted by molar-refractivity contribution is 5.83. The molecule has 16 heavy (non-hydrogen) atoms. The number of hydrogen-bond acceptors (Lipinski definition) is 3. The highest BCUT2D eigenvalue weighted by atomic mass is 16.2. The molecule has 94 valence electrons. The number of carbonyl (C=O) groups excluding carboxylic acids is 2. The van der Waals surface area contributed by atoms with Gasteiger partial charge in [-0.1, -0.05) is 6.92 Å². The lowest BCUT2D eigenvalue weighted by Crippen LogP contribution is -2.38. The Kier molecular flexibility index (Phi) is 7.54. The lowest BCUT2D eigenvalue weighted by atomic mass is 10.0. The normalized spacial score (nSPS) is 12.2. The number of carbonyl (C=O) groups is 2. The van der Waals surface area contributed by atoms with Crippen molar-refractivity contribution in [2.45, 2.75) is 33.1 Å². The van der Waals surface area contributed by atoms with E-state index in [2.05, 4.69) is 6.92 Å². The van der Waals surface area contributed by atoms with Gasteiger partial charge in [-0.2, -0.15) is 0 Å². The third-order valence-electron chi connectivity index (χ3n) is 2.59. The second-order valence-corrected chi connectivity index (χ2v) is 4.10. The van der Waals surface area contributed by atoms with Crippen molar-refractivity contribution < 1.29 is 9.59 Å². The Hall–Kier alpha value is -1.10. The van der Waals surface area contributed by atoms with Crippen LogP contribution in [0, 0.1) is 5.92 Å². The summed E-state index contributed by atoms with van der Waals surface area (Å²) in [7, 11) is 0. The van der Waals surface area contributed by atoms with Crippen LogP contribution in [0.2, 0.25) is 0 Å². The van der Waals surface area contributed by atoms with E-state index in [9.17, 15) is 9.59 Å². The maximum Gasteiger partial charge on any atom is 0.237 e. The molecule has 1 atom stereocenters. The Balaban J connectivity index is 3.97. The average molecular weight is 229 g/mol. The van der Waals surface area contributed by atoms with Gasteiger partial charge < -0.3 is 16.4 Å². The molecule has 0 saturated carbocycles. The molecule has 0 rings (SSSR count). The minimum Gasteiger partial charge on any atom is -0.368 e. The molecule has 0 radical (unpaired) electrons. The van der Waals surface area contributed by atoms with E-state index >= 15 is 0 Å². The summed E-state index contributed by atoms with van der Waals surface area (Å²) < 4.78 is 0. The van der Waals surface area contributed by atoms with Crippen molar-refractivity contribution in [2.75, 3.05) is 19.6 Å². The average Bonchev–Trinajstić information content (AvgIpc) is 2.22. The number of primary amides is 1. The SMILES string of the molecule is CCN(CC(N)=O)C(=O)CCC(C)CCN. The summed E-state index contributed by atoms with van der Waals surface area (Å²) >= 11 is 0. The number of nitrogens with zero attached hydrogens (tertiary/aromatic N) is 1. The molecule has 0 heterocycles. The maximum absolute atomic E-state index is 11.7. The summed E-state index contributed by atoms with van der Waals surface area (Å²) in [4.78, 5) is 23.9. The van der Waals surface area contributed by atoms with Crippen molar-refractivity contribution in [1.82, 2.24) is 4.90 Å².